The first kappa shape index (κ1) is 21.8. The Hall–Kier alpha value is -2.38. The molecule has 31 heavy (non-hydrogen) atoms. The second kappa shape index (κ2) is 7.07. The van der Waals surface area contributed by atoms with Gasteiger partial charge < -0.3 is 20.8 Å². The van der Waals surface area contributed by atoms with E-state index in [1.54, 1.807) is 32.9 Å². The fourth-order valence-electron chi connectivity index (χ4n) is 4.85. The van der Waals surface area contributed by atoms with Gasteiger partial charge in [-0.25, -0.2) is 0 Å². The van der Waals surface area contributed by atoms with Gasteiger partial charge in [0.25, 0.3) is 0 Å². The van der Waals surface area contributed by atoms with Crippen molar-refractivity contribution < 1.29 is 23.4 Å². The molecule has 0 radical (unpaired) electrons. The van der Waals surface area contributed by atoms with Gasteiger partial charge in [-0.3, -0.25) is 0 Å². The Labute approximate surface area is 183 Å². The van der Waals surface area contributed by atoms with Gasteiger partial charge in [-0.15, -0.1) is 0 Å². The third-order valence-corrected chi connectivity index (χ3v) is 6.70. The van der Waals surface area contributed by atoms with Crippen LogP contribution >= 0.6 is 11.6 Å². The molecule has 4 N–H and O–H groups in total. The summed E-state index contributed by atoms with van der Waals surface area (Å²) in [6.45, 7) is 5.38. The van der Waals surface area contributed by atoms with Crippen LogP contribution in [0.25, 0.3) is 6.08 Å². The van der Waals surface area contributed by atoms with E-state index in [4.69, 9.17) is 11.6 Å². The molecule has 4 rings (SSSR count). The van der Waals surface area contributed by atoms with E-state index in [-0.39, 0.29) is 16.3 Å². The van der Waals surface area contributed by atoms with E-state index in [9.17, 15) is 23.4 Å². The Morgan fingerprint density at radius 2 is 1.97 bits per heavy atom. The van der Waals surface area contributed by atoms with Crippen LogP contribution in [0, 0.1) is 6.92 Å². The van der Waals surface area contributed by atoms with Crippen LogP contribution < -0.4 is 10.6 Å². The summed E-state index contributed by atoms with van der Waals surface area (Å²) in [5.74, 6) is -0.241. The number of aryl methyl sites for hydroxylation is 1. The SMILES string of the molecule is Cc1cc2c(c(O)c1Cl)C(C)(C)CC(O)(C(F)(F)F)C2Nc1cccc2c1C=CCN2. The third-order valence-electron chi connectivity index (χ3n) is 6.22. The van der Waals surface area contributed by atoms with E-state index in [0.29, 0.717) is 28.9 Å². The van der Waals surface area contributed by atoms with Gasteiger partial charge in [0, 0.05) is 29.0 Å². The van der Waals surface area contributed by atoms with E-state index in [0.717, 1.165) is 5.69 Å². The van der Waals surface area contributed by atoms with Crippen molar-refractivity contribution >= 4 is 29.1 Å². The molecule has 0 saturated heterocycles. The van der Waals surface area contributed by atoms with Crippen molar-refractivity contribution in [1.82, 2.24) is 0 Å². The largest absolute Gasteiger partial charge is 0.506 e. The molecule has 166 valence electrons. The molecule has 0 saturated carbocycles. The van der Waals surface area contributed by atoms with Crippen molar-refractivity contribution in [2.24, 2.45) is 0 Å². The number of hydrogen-bond donors (Lipinski definition) is 4. The molecule has 2 aliphatic rings. The molecule has 2 atom stereocenters. The topological polar surface area (TPSA) is 64.5 Å². The number of aliphatic hydroxyl groups is 1. The van der Waals surface area contributed by atoms with Gasteiger partial charge in [-0.1, -0.05) is 49.7 Å². The summed E-state index contributed by atoms with van der Waals surface area (Å²) in [6, 6.07) is 5.23. The lowest BCUT2D eigenvalue weighted by atomic mass is 9.63. The number of phenols is 1. The van der Waals surface area contributed by atoms with Crippen molar-refractivity contribution in [3.8, 4) is 5.75 Å². The Morgan fingerprint density at radius 1 is 1.26 bits per heavy atom. The Bertz CT molecular complexity index is 1080. The van der Waals surface area contributed by atoms with E-state index in [1.165, 1.54) is 6.07 Å². The summed E-state index contributed by atoms with van der Waals surface area (Å²) in [5.41, 5.74) is -1.36. The lowest BCUT2D eigenvalue weighted by Crippen LogP contribution is -2.58. The number of phenolic OH excluding ortho intramolecular Hbond substituents is 1. The minimum absolute atomic E-state index is 0.104. The second-order valence-corrected chi connectivity index (χ2v) is 9.31. The van der Waals surface area contributed by atoms with Gasteiger partial charge >= 0.3 is 6.18 Å². The summed E-state index contributed by atoms with van der Waals surface area (Å²) >= 11 is 6.23. The van der Waals surface area contributed by atoms with Crippen LogP contribution in [0.2, 0.25) is 5.02 Å². The predicted octanol–water partition coefficient (Wildman–Crippen LogP) is 5.92. The molecule has 0 aromatic heterocycles. The highest BCUT2D eigenvalue weighted by Gasteiger charge is 2.64. The minimum atomic E-state index is -4.91. The summed E-state index contributed by atoms with van der Waals surface area (Å²) in [5, 5.41) is 28.1. The zero-order valence-corrected chi connectivity index (χ0v) is 18.1. The van der Waals surface area contributed by atoms with E-state index < -0.39 is 29.7 Å². The number of fused-ring (bicyclic) bond motifs is 2. The predicted molar refractivity (Wildman–Crippen MR) is 117 cm³/mol. The lowest BCUT2D eigenvalue weighted by Gasteiger charge is -2.49. The highest BCUT2D eigenvalue weighted by molar-refractivity contribution is 6.33. The highest BCUT2D eigenvalue weighted by atomic mass is 35.5. The Kier molecular flexibility index (Phi) is 4.98. The summed E-state index contributed by atoms with van der Waals surface area (Å²) in [4.78, 5) is 0. The number of benzene rings is 2. The molecule has 1 aliphatic heterocycles. The monoisotopic (exact) mass is 452 g/mol. The Balaban J connectivity index is 1.96. The molecule has 1 aliphatic carbocycles. The van der Waals surface area contributed by atoms with Gasteiger partial charge in [-0.05, 0) is 42.0 Å². The average molecular weight is 453 g/mol. The van der Waals surface area contributed by atoms with Crippen LogP contribution in [-0.4, -0.2) is 28.5 Å². The van der Waals surface area contributed by atoms with Crippen molar-refractivity contribution in [3.63, 3.8) is 0 Å². The molecule has 2 unspecified atom stereocenters. The quantitative estimate of drug-likeness (QED) is 0.456. The first-order valence-corrected chi connectivity index (χ1v) is 10.4. The van der Waals surface area contributed by atoms with Crippen molar-refractivity contribution in [2.45, 2.75) is 50.4 Å². The number of rotatable bonds is 2. The zero-order valence-electron chi connectivity index (χ0n) is 17.4. The standard InChI is InChI=1S/C23H24ClF3N2O2/c1-12-10-14-17(19(30)18(12)24)21(2,3)11-22(31,23(25,26)27)20(14)29-16-8-4-7-15-13(16)6-5-9-28-15/h4-8,10,20,28-31H,9,11H2,1-3H3. The first-order valence-electron chi connectivity index (χ1n) is 9.98. The average Bonchev–Trinajstić information content (AvgIpc) is 2.67. The number of aromatic hydroxyl groups is 1. The van der Waals surface area contributed by atoms with Crippen molar-refractivity contribution in [3.05, 3.63) is 57.6 Å². The molecule has 0 bridgehead atoms. The fourth-order valence-corrected chi connectivity index (χ4v) is 5.00. The maximum Gasteiger partial charge on any atom is 0.419 e. The minimum Gasteiger partial charge on any atom is -0.506 e. The highest BCUT2D eigenvalue weighted by Crippen LogP contribution is 2.57. The van der Waals surface area contributed by atoms with Gasteiger partial charge in [0.1, 0.15) is 5.75 Å². The molecule has 4 nitrogen and oxygen atoms in total. The maximum atomic E-state index is 14.3. The second-order valence-electron chi connectivity index (χ2n) is 8.93. The smallest absolute Gasteiger partial charge is 0.419 e. The lowest BCUT2D eigenvalue weighted by molar-refractivity contribution is -0.276. The molecule has 0 fully saturated rings. The zero-order chi connectivity index (χ0) is 22.8. The van der Waals surface area contributed by atoms with E-state index in [2.05, 4.69) is 10.6 Å². The molecule has 0 spiro atoms. The van der Waals surface area contributed by atoms with Gasteiger partial charge in [0.15, 0.2) is 5.60 Å². The number of hydrogen-bond acceptors (Lipinski definition) is 4. The van der Waals surface area contributed by atoms with Crippen LogP contribution in [0.5, 0.6) is 5.75 Å². The van der Waals surface area contributed by atoms with Crippen LogP contribution in [0.3, 0.4) is 0 Å². The van der Waals surface area contributed by atoms with Crippen LogP contribution in [-0.2, 0) is 5.41 Å². The molecule has 2 aromatic rings. The molecule has 1 heterocycles. The number of nitrogens with one attached hydrogen (secondary N) is 2. The number of halogens is 4. The molecule has 0 amide bonds. The van der Waals surface area contributed by atoms with Gasteiger partial charge in [0.2, 0.25) is 0 Å². The summed E-state index contributed by atoms with van der Waals surface area (Å²) in [7, 11) is 0. The third kappa shape index (κ3) is 3.34. The van der Waals surface area contributed by atoms with Gasteiger partial charge in [0.05, 0.1) is 11.1 Å². The van der Waals surface area contributed by atoms with E-state index >= 15 is 0 Å². The van der Waals surface area contributed by atoms with Crippen molar-refractivity contribution in [2.75, 3.05) is 17.2 Å². The van der Waals surface area contributed by atoms with Crippen LogP contribution in [0.1, 0.15) is 48.6 Å². The molecular weight excluding hydrogens is 429 g/mol. The van der Waals surface area contributed by atoms with Crippen molar-refractivity contribution in [1.29, 1.82) is 0 Å². The summed E-state index contributed by atoms with van der Waals surface area (Å²) in [6.07, 6.45) is -1.84. The number of anilines is 2. The molecular formula is C23H24ClF3N2O2. The Morgan fingerprint density at radius 3 is 2.65 bits per heavy atom. The maximum absolute atomic E-state index is 14.3. The molecule has 2 aromatic carbocycles. The number of alkyl halides is 3. The van der Waals surface area contributed by atoms with Crippen LogP contribution in [0.15, 0.2) is 30.3 Å². The van der Waals surface area contributed by atoms with Gasteiger partial charge in [-0.2, -0.15) is 13.2 Å². The molecule has 8 heteroatoms. The van der Waals surface area contributed by atoms with E-state index in [1.807, 2.05) is 18.2 Å². The van der Waals surface area contributed by atoms with Crippen LogP contribution in [0.4, 0.5) is 24.5 Å². The fraction of sp³-hybridized carbons (Fsp3) is 0.391. The summed E-state index contributed by atoms with van der Waals surface area (Å²) < 4.78 is 43.0. The first-order chi connectivity index (χ1) is 14.4. The normalized spacial score (nSPS) is 24.2.